The number of rotatable bonds is 9. The largest absolute Gasteiger partial charge is 0.497 e. The standard InChI is InChI=1S/C27H25NO6/c1-32-16-19-5-3-4-6-22(19)18-9-7-17(8-10-18)13-23(27(30)31)28-26(29)25-15-20-14-21(33-2)11-12-24(20)34-25/h3-12,14-15,23H,13,16H2,1-2H3,(H,28,29)(H,30,31). The second kappa shape index (κ2) is 10.2. The highest BCUT2D eigenvalue weighted by Crippen LogP contribution is 2.26. The van der Waals surface area contributed by atoms with E-state index < -0.39 is 17.9 Å². The number of furan rings is 1. The zero-order valence-electron chi connectivity index (χ0n) is 18.9. The molecule has 0 bridgehead atoms. The average molecular weight is 459 g/mol. The summed E-state index contributed by atoms with van der Waals surface area (Å²) >= 11 is 0. The fourth-order valence-electron chi connectivity index (χ4n) is 3.83. The van der Waals surface area contributed by atoms with Crippen molar-refractivity contribution in [3.63, 3.8) is 0 Å². The molecule has 0 fully saturated rings. The van der Waals surface area contributed by atoms with Crippen LogP contribution >= 0.6 is 0 Å². The van der Waals surface area contributed by atoms with Crippen LogP contribution in [0.15, 0.2) is 77.2 Å². The Morgan fingerprint density at radius 1 is 1.00 bits per heavy atom. The van der Waals surface area contributed by atoms with Crippen LogP contribution in [0.3, 0.4) is 0 Å². The molecule has 34 heavy (non-hydrogen) atoms. The van der Waals surface area contributed by atoms with E-state index in [4.69, 9.17) is 13.9 Å². The van der Waals surface area contributed by atoms with Crippen LogP contribution in [0.25, 0.3) is 22.1 Å². The minimum Gasteiger partial charge on any atom is -0.497 e. The fourth-order valence-corrected chi connectivity index (χ4v) is 3.83. The number of carbonyl (C=O) groups excluding carboxylic acids is 1. The fraction of sp³-hybridized carbons (Fsp3) is 0.185. The van der Waals surface area contributed by atoms with E-state index in [1.165, 1.54) is 0 Å². The van der Waals surface area contributed by atoms with Crippen LogP contribution < -0.4 is 10.1 Å². The number of carbonyl (C=O) groups is 2. The molecule has 1 unspecified atom stereocenters. The Bertz CT molecular complexity index is 1310. The minimum absolute atomic E-state index is 0.0413. The van der Waals surface area contributed by atoms with Gasteiger partial charge in [-0.2, -0.15) is 0 Å². The molecule has 0 radical (unpaired) electrons. The Hall–Kier alpha value is -4.10. The van der Waals surface area contributed by atoms with Crippen LogP contribution in [0.5, 0.6) is 5.75 Å². The molecule has 1 atom stereocenters. The molecule has 0 aliphatic carbocycles. The molecule has 1 heterocycles. The van der Waals surface area contributed by atoms with Crippen LogP contribution in [0, 0.1) is 0 Å². The summed E-state index contributed by atoms with van der Waals surface area (Å²) in [7, 11) is 3.21. The first-order chi connectivity index (χ1) is 16.5. The van der Waals surface area contributed by atoms with E-state index in [0.29, 0.717) is 23.3 Å². The highest BCUT2D eigenvalue weighted by molar-refractivity contribution is 5.98. The van der Waals surface area contributed by atoms with Crippen molar-refractivity contribution in [2.75, 3.05) is 14.2 Å². The first-order valence-corrected chi connectivity index (χ1v) is 10.8. The first-order valence-electron chi connectivity index (χ1n) is 10.8. The second-order valence-corrected chi connectivity index (χ2v) is 7.87. The summed E-state index contributed by atoms with van der Waals surface area (Å²) in [6, 6.07) is 21.2. The summed E-state index contributed by atoms with van der Waals surface area (Å²) in [6.45, 7) is 0.500. The van der Waals surface area contributed by atoms with E-state index in [-0.39, 0.29) is 12.2 Å². The Morgan fingerprint density at radius 3 is 2.47 bits per heavy atom. The summed E-state index contributed by atoms with van der Waals surface area (Å²) in [6.07, 6.45) is 0.134. The van der Waals surface area contributed by atoms with Gasteiger partial charge in [-0.3, -0.25) is 4.79 Å². The minimum atomic E-state index is -1.12. The normalized spacial score (nSPS) is 11.8. The lowest BCUT2D eigenvalue weighted by Crippen LogP contribution is -2.42. The molecule has 2 N–H and O–H groups in total. The number of nitrogens with one attached hydrogen (secondary N) is 1. The number of carboxylic acid groups (broad SMARTS) is 1. The molecule has 0 saturated carbocycles. The van der Waals surface area contributed by atoms with E-state index in [1.807, 2.05) is 48.5 Å². The number of methoxy groups -OCH3 is 2. The van der Waals surface area contributed by atoms with Crippen LogP contribution in [-0.4, -0.2) is 37.2 Å². The lowest BCUT2D eigenvalue weighted by molar-refractivity contribution is -0.139. The maximum atomic E-state index is 12.7. The maximum absolute atomic E-state index is 12.7. The average Bonchev–Trinajstić information content (AvgIpc) is 3.28. The van der Waals surface area contributed by atoms with Crippen molar-refractivity contribution >= 4 is 22.8 Å². The van der Waals surface area contributed by atoms with Crippen LogP contribution in [0.2, 0.25) is 0 Å². The molecule has 4 rings (SSSR count). The summed E-state index contributed by atoms with van der Waals surface area (Å²) in [5, 5.41) is 12.9. The summed E-state index contributed by atoms with van der Waals surface area (Å²) < 4.78 is 16.0. The summed E-state index contributed by atoms with van der Waals surface area (Å²) in [5.41, 5.74) is 4.43. The van der Waals surface area contributed by atoms with Crippen molar-refractivity contribution in [1.82, 2.24) is 5.32 Å². The van der Waals surface area contributed by atoms with Crippen molar-refractivity contribution in [3.8, 4) is 16.9 Å². The third kappa shape index (κ3) is 5.10. The highest BCUT2D eigenvalue weighted by Gasteiger charge is 2.23. The number of amides is 1. The molecule has 1 amide bonds. The molecule has 174 valence electrons. The first kappa shape index (κ1) is 23.1. The van der Waals surface area contributed by atoms with Gasteiger partial charge in [-0.15, -0.1) is 0 Å². The SMILES string of the molecule is COCc1ccccc1-c1ccc(CC(NC(=O)c2cc3cc(OC)ccc3o2)C(=O)O)cc1. The summed E-state index contributed by atoms with van der Waals surface area (Å²) in [4.78, 5) is 24.6. The molecular formula is C27H25NO6. The Labute approximate surface area is 196 Å². The van der Waals surface area contributed by atoms with E-state index >= 15 is 0 Å². The van der Waals surface area contributed by atoms with Gasteiger partial charge in [0.1, 0.15) is 17.4 Å². The van der Waals surface area contributed by atoms with Gasteiger partial charge >= 0.3 is 5.97 Å². The van der Waals surface area contributed by atoms with Crippen LogP contribution in [0.4, 0.5) is 0 Å². The number of fused-ring (bicyclic) bond motifs is 1. The number of carboxylic acids is 1. The van der Waals surface area contributed by atoms with Gasteiger partial charge in [-0.25, -0.2) is 4.79 Å². The Kier molecular flexibility index (Phi) is 6.94. The van der Waals surface area contributed by atoms with E-state index in [9.17, 15) is 14.7 Å². The van der Waals surface area contributed by atoms with Gasteiger partial charge < -0.3 is 24.3 Å². The zero-order valence-corrected chi connectivity index (χ0v) is 18.9. The lowest BCUT2D eigenvalue weighted by Gasteiger charge is -2.14. The van der Waals surface area contributed by atoms with Gasteiger partial charge in [-0.05, 0) is 46.5 Å². The van der Waals surface area contributed by atoms with Gasteiger partial charge in [0.25, 0.3) is 5.91 Å². The van der Waals surface area contributed by atoms with Crippen molar-refractivity contribution in [2.24, 2.45) is 0 Å². The molecule has 0 aliphatic rings. The quantitative estimate of drug-likeness (QED) is 0.377. The van der Waals surface area contributed by atoms with Gasteiger partial charge in [0.2, 0.25) is 0 Å². The number of aliphatic carboxylic acids is 1. The predicted molar refractivity (Wildman–Crippen MR) is 128 cm³/mol. The molecular weight excluding hydrogens is 434 g/mol. The number of ether oxygens (including phenoxy) is 2. The zero-order chi connectivity index (χ0) is 24.1. The smallest absolute Gasteiger partial charge is 0.326 e. The molecule has 7 heteroatoms. The maximum Gasteiger partial charge on any atom is 0.326 e. The Balaban J connectivity index is 1.48. The van der Waals surface area contributed by atoms with E-state index in [1.54, 1.807) is 38.5 Å². The van der Waals surface area contributed by atoms with Crippen molar-refractivity contribution in [2.45, 2.75) is 19.1 Å². The van der Waals surface area contributed by atoms with Gasteiger partial charge in [0.05, 0.1) is 13.7 Å². The molecule has 3 aromatic carbocycles. The molecule has 0 spiro atoms. The lowest BCUT2D eigenvalue weighted by atomic mass is 9.97. The number of hydrogen-bond acceptors (Lipinski definition) is 5. The molecule has 4 aromatic rings. The second-order valence-electron chi connectivity index (χ2n) is 7.87. The molecule has 7 nitrogen and oxygen atoms in total. The van der Waals surface area contributed by atoms with Gasteiger partial charge in [0, 0.05) is 18.9 Å². The van der Waals surface area contributed by atoms with Crippen molar-refractivity contribution in [1.29, 1.82) is 0 Å². The third-order valence-corrected chi connectivity index (χ3v) is 5.57. The van der Waals surface area contributed by atoms with Crippen molar-refractivity contribution < 1.29 is 28.6 Å². The van der Waals surface area contributed by atoms with Crippen LogP contribution in [-0.2, 0) is 22.6 Å². The Morgan fingerprint density at radius 2 is 1.76 bits per heavy atom. The van der Waals surface area contributed by atoms with Gasteiger partial charge in [0.15, 0.2) is 5.76 Å². The van der Waals surface area contributed by atoms with Crippen molar-refractivity contribution in [3.05, 3.63) is 89.7 Å². The highest BCUT2D eigenvalue weighted by atomic mass is 16.5. The molecule has 0 aliphatic heterocycles. The van der Waals surface area contributed by atoms with E-state index in [0.717, 1.165) is 22.3 Å². The monoisotopic (exact) mass is 459 g/mol. The predicted octanol–water partition coefficient (Wildman–Crippen LogP) is 4.68. The number of benzene rings is 3. The van der Waals surface area contributed by atoms with Gasteiger partial charge in [-0.1, -0.05) is 48.5 Å². The topological polar surface area (TPSA) is 98.0 Å². The van der Waals surface area contributed by atoms with E-state index in [2.05, 4.69) is 5.32 Å². The third-order valence-electron chi connectivity index (χ3n) is 5.57. The molecule has 1 aromatic heterocycles. The summed E-state index contributed by atoms with van der Waals surface area (Å²) in [5.74, 6) is -1.04. The molecule has 0 saturated heterocycles. The number of hydrogen-bond donors (Lipinski definition) is 2. The van der Waals surface area contributed by atoms with Crippen LogP contribution in [0.1, 0.15) is 21.7 Å².